The zero-order valence-corrected chi connectivity index (χ0v) is 14.1. The number of hydrogen-bond acceptors (Lipinski definition) is 4. The van der Waals surface area contributed by atoms with Gasteiger partial charge in [0, 0.05) is 31.2 Å². The van der Waals surface area contributed by atoms with Gasteiger partial charge in [-0.2, -0.15) is 0 Å². The molecule has 0 bridgehead atoms. The zero-order chi connectivity index (χ0) is 14.8. The Morgan fingerprint density at radius 2 is 2.24 bits per heavy atom. The van der Waals surface area contributed by atoms with Crippen molar-refractivity contribution in [3.8, 4) is 0 Å². The van der Waals surface area contributed by atoms with Crippen LogP contribution in [0, 0.1) is 11.8 Å². The molecule has 0 aromatic carbocycles. The van der Waals surface area contributed by atoms with Crippen molar-refractivity contribution < 1.29 is 0 Å². The summed E-state index contributed by atoms with van der Waals surface area (Å²) in [5.41, 5.74) is 1.32. The van der Waals surface area contributed by atoms with Gasteiger partial charge in [0.1, 0.15) is 0 Å². The van der Waals surface area contributed by atoms with Gasteiger partial charge in [-0.15, -0.1) is 11.3 Å². The first kappa shape index (κ1) is 14.9. The highest BCUT2D eigenvalue weighted by atomic mass is 32.1. The second-order valence-electron chi connectivity index (χ2n) is 6.30. The van der Waals surface area contributed by atoms with E-state index in [0.717, 1.165) is 43.0 Å². The molecule has 0 radical (unpaired) electrons. The Hall–Kier alpha value is -1.07. The zero-order valence-electron chi connectivity index (χ0n) is 13.3. The van der Waals surface area contributed by atoms with Crippen LogP contribution in [0.25, 0.3) is 4.96 Å². The van der Waals surface area contributed by atoms with E-state index in [0.29, 0.717) is 0 Å². The second-order valence-corrected chi connectivity index (χ2v) is 7.18. The van der Waals surface area contributed by atoms with Crippen molar-refractivity contribution in [2.24, 2.45) is 11.8 Å². The van der Waals surface area contributed by atoms with Crippen LogP contribution < -0.4 is 10.2 Å². The Balaban J connectivity index is 1.86. The minimum atomic E-state index is 0.745. The Labute approximate surface area is 131 Å². The third kappa shape index (κ3) is 2.94. The second kappa shape index (κ2) is 6.36. The van der Waals surface area contributed by atoms with Crippen molar-refractivity contribution in [1.29, 1.82) is 0 Å². The van der Waals surface area contributed by atoms with Gasteiger partial charge in [0.05, 0.1) is 5.69 Å². The summed E-state index contributed by atoms with van der Waals surface area (Å²) in [6.07, 6.45) is 4.59. The fourth-order valence-corrected chi connectivity index (χ4v) is 3.81. The van der Waals surface area contributed by atoms with E-state index in [-0.39, 0.29) is 0 Å². The molecular formula is C16H26N4S. The number of anilines is 1. The average molecular weight is 306 g/mol. The molecule has 0 saturated carbocycles. The Morgan fingerprint density at radius 3 is 3.00 bits per heavy atom. The molecule has 1 N–H and O–H groups in total. The largest absolute Gasteiger partial charge is 0.355 e. The molecule has 1 aliphatic heterocycles. The van der Waals surface area contributed by atoms with Gasteiger partial charge in [-0.05, 0) is 31.2 Å². The van der Waals surface area contributed by atoms with Crippen LogP contribution in [-0.2, 0) is 6.54 Å². The number of aromatic nitrogens is 2. The first-order valence-corrected chi connectivity index (χ1v) is 8.98. The Morgan fingerprint density at radius 1 is 1.38 bits per heavy atom. The summed E-state index contributed by atoms with van der Waals surface area (Å²) < 4.78 is 2.26. The van der Waals surface area contributed by atoms with Gasteiger partial charge < -0.3 is 10.2 Å². The Kier molecular flexibility index (Phi) is 4.50. The maximum absolute atomic E-state index is 4.90. The number of nitrogens with one attached hydrogen (secondary N) is 1. The van der Waals surface area contributed by atoms with E-state index in [2.05, 4.69) is 47.0 Å². The quantitative estimate of drug-likeness (QED) is 0.860. The molecule has 21 heavy (non-hydrogen) atoms. The van der Waals surface area contributed by atoms with Crippen LogP contribution >= 0.6 is 11.3 Å². The predicted molar refractivity (Wildman–Crippen MR) is 90.2 cm³/mol. The molecule has 2 atom stereocenters. The highest BCUT2D eigenvalue weighted by molar-refractivity contribution is 7.15. The maximum atomic E-state index is 4.90. The molecule has 116 valence electrons. The molecule has 4 nitrogen and oxygen atoms in total. The number of nitrogens with zero attached hydrogens (tertiary/aromatic N) is 3. The third-order valence-corrected chi connectivity index (χ3v) is 5.45. The minimum absolute atomic E-state index is 0.745. The normalized spacial score (nSPS) is 23.1. The van der Waals surface area contributed by atoms with E-state index in [1.807, 2.05) is 0 Å². The highest BCUT2D eigenvalue weighted by Gasteiger charge is 2.26. The van der Waals surface area contributed by atoms with Crippen molar-refractivity contribution in [2.45, 2.75) is 40.2 Å². The molecule has 5 heteroatoms. The van der Waals surface area contributed by atoms with Crippen LogP contribution in [0.5, 0.6) is 0 Å². The van der Waals surface area contributed by atoms with Gasteiger partial charge in [0.2, 0.25) is 0 Å². The summed E-state index contributed by atoms with van der Waals surface area (Å²) in [6.45, 7) is 11.2. The summed E-state index contributed by atoms with van der Waals surface area (Å²) >= 11 is 1.72. The van der Waals surface area contributed by atoms with E-state index >= 15 is 0 Å². The molecule has 2 unspecified atom stereocenters. The summed E-state index contributed by atoms with van der Waals surface area (Å²) in [4.78, 5) is 8.51. The number of rotatable bonds is 5. The van der Waals surface area contributed by atoms with Gasteiger partial charge in [0.25, 0.3) is 0 Å². The standard InChI is InChI=1S/C16H26N4S/c1-4-6-17-10-14-15(18-16-20(14)8-9-21-16)19-7-5-12(2)13(3)11-19/h8-9,12-13,17H,4-7,10-11H2,1-3H3. The highest BCUT2D eigenvalue weighted by Crippen LogP contribution is 2.30. The number of imidazole rings is 1. The molecule has 0 amide bonds. The summed E-state index contributed by atoms with van der Waals surface area (Å²) in [5, 5.41) is 5.66. The van der Waals surface area contributed by atoms with Gasteiger partial charge in [-0.3, -0.25) is 4.40 Å². The number of piperidine rings is 1. The molecule has 3 rings (SSSR count). The van der Waals surface area contributed by atoms with E-state index in [1.54, 1.807) is 11.3 Å². The lowest BCUT2D eigenvalue weighted by Gasteiger charge is -2.36. The van der Waals surface area contributed by atoms with E-state index in [9.17, 15) is 0 Å². The van der Waals surface area contributed by atoms with Crippen LogP contribution in [0.1, 0.15) is 39.3 Å². The van der Waals surface area contributed by atoms with Gasteiger partial charge >= 0.3 is 0 Å². The van der Waals surface area contributed by atoms with Crippen molar-refractivity contribution in [2.75, 3.05) is 24.5 Å². The summed E-state index contributed by atoms with van der Waals surface area (Å²) in [7, 11) is 0. The molecule has 0 aliphatic carbocycles. The summed E-state index contributed by atoms with van der Waals surface area (Å²) in [6, 6.07) is 0. The van der Waals surface area contributed by atoms with Gasteiger partial charge in [-0.25, -0.2) is 4.98 Å². The van der Waals surface area contributed by atoms with E-state index in [1.165, 1.54) is 24.4 Å². The fraction of sp³-hybridized carbons (Fsp3) is 0.688. The van der Waals surface area contributed by atoms with Gasteiger partial charge in [0.15, 0.2) is 10.8 Å². The molecule has 1 fully saturated rings. The molecule has 2 aromatic rings. The van der Waals surface area contributed by atoms with Crippen molar-refractivity contribution in [1.82, 2.24) is 14.7 Å². The SMILES string of the molecule is CCCNCc1c(N2CCC(C)C(C)C2)nc2sccn12. The Bertz CT molecular complexity index is 588. The number of hydrogen-bond donors (Lipinski definition) is 1. The molecule has 2 aromatic heterocycles. The molecule has 3 heterocycles. The lowest BCUT2D eigenvalue weighted by atomic mass is 9.89. The van der Waals surface area contributed by atoms with Crippen LogP contribution in [0.4, 0.5) is 5.82 Å². The minimum Gasteiger partial charge on any atom is -0.355 e. The van der Waals surface area contributed by atoms with E-state index in [4.69, 9.17) is 4.98 Å². The predicted octanol–water partition coefficient (Wildman–Crippen LogP) is 3.38. The van der Waals surface area contributed by atoms with Crippen LogP contribution in [0.2, 0.25) is 0 Å². The first-order chi connectivity index (χ1) is 10.2. The fourth-order valence-electron chi connectivity index (χ4n) is 3.08. The topological polar surface area (TPSA) is 32.6 Å². The molecule has 0 spiro atoms. The first-order valence-electron chi connectivity index (χ1n) is 8.10. The van der Waals surface area contributed by atoms with E-state index < -0.39 is 0 Å². The van der Waals surface area contributed by atoms with Gasteiger partial charge in [-0.1, -0.05) is 20.8 Å². The number of fused-ring (bicyclic) bond motifs is 1. The molecular weight excluding hydrogens is 280 g/mol. The molecule has 1 saturated heterocycles. The molecule has 1 aliphatic rings. The maximum Gasteiger partial charge on any atom is 0.195 e. The van der Waals surface area contributed by atoms with Crippen LogP contribution in [-0.4, -0.2) is 29.0 Å². The smallest absolute Gasteiger partial charge is 0.195 e. The van der Waals surface area contributed by atoms with Crippen molar-refractivity contribution in [3.05, 3.63) is 17.3 Å². The monoisotopic (exact) mass is 306 g/mol. The third-order valence-electron chi connectivity index (χ3n) is 4.69. The number of thiazole rings is 1. The van der Waals surface area contributed by atoms with Crippen molar-refractivity contribution >= 4 is 22.1 Å². The lowest BCUT2D eigenvalue weighted by Crippen LogP contribution is -2.39. The van der Waals surface area contributed by atoms with Crippen molar-refractivity contribution in [3.63, 3.8) is 0 Å². The van der Waals surface area contributed by atoms with Crippen LogP contribution in [0.15, 0.2) is 11.6 Å². The lowest BCUT2D eigenvalue weighted by molar-refractivity contribution is 0.322. The van der Waals surface area contributed by atoms with Crippen LogP contribution in [0.3, 0.4) is 0 Å². The summed E-state index contributed by atoms with van der Waals surface area (Å²) in [5.74, 6) is 2.77. The average Bonchev–Trinajstić information content (AvgIpc) is 3.04.